The lowest BCUT2D eigenvalue weighted by Gasteiger charge is -2.16. The van der Waals surface area contributed by atoms with E-state index >= 15 is 0 Å². The van der Waals surface area contributed by atoms with Crippen LogP contribution in [-0.4, -0.2) is 48.4 Å². The van der Waals surface area contributed by atoms with Gasteiger partial charge in [-0.1, -0.05) is 23.8 Å². The Morgan fingerprint density at radius 1 is 1.00 bits per heavy atom. The summed E-state index contributed by atoms with van der Waals surface area (Å²) in [5.41, 5.74) is 9.25. The van der Waals surface area contributed by atoms with Crippen LogP contribution in [0.25, 0.3) is 11.3 Å². The van der Waals surface area contributed by atoms with Crippen LogP contribution in [0, 0.1) is 20.8 Å². The molecule has 0 spiro atoms. The molecule has 4 aromatic rings. The Balaban J connectivity index is 0.00000280. The summed E-state index contributed by atoms with van der Waals surface area (Å²) in [4.78, 5) is 32.0. The number of hydrogen-bond acceptors (Lipinski definition) is 10. The maximum atomic E-state index is 13.2. The molecule has 0 atom stereocenters. The minimum absolute atomic E-state index is 0. The molecule has 12 heteroatoms. The van der Waals surface area contributed by atoms with Crippen LogP contribution in [0.15, 0.2) is 59.9 Å². The van der Waals surface area contributed by atoms with Gasteiger partial charge in [0.05, 0.1) is 5.69 Å². The van der Waals surface area contributed by atoms with E-state index in [1.807, 2.05) is 51.7 Å². The van der Waals surface area contributed by atoms with E-state index in [0.29, 0.717) is 23.0 Å². The highest BCUT2D eigenvalue weighted by molar-refractivity contribution is 7.90. The smallest absolute Gasteiger partial charge is 0.281 e. The Kier molecular flexibility index (Phi) is 7.26. The number of nitrogens with two attached hydrogens (primary N) is 1. The van der Waals surface area contributed by atoms with E-state index in [-0.39, 0.29) is 26.6 Å². The summed E-state index contributed by atoms with van der Waals surface area (Å²) < 4.78 is 33.8. The minimum atomic E-state index is -4.32. The molecule has 202 valence electrons. The van der Waals surface area contributed by atoms with Gasteiger partial charge >= 0.3 is 0 Å². The fraction of sp³-hybridized carbons (Fsp3) is 0.192. The van der Waals surface area contributed by atoms with Gasteiger partial charge in [0.1, 0.15) is 17.1 Å². The number of carbonyl (C=O) groups excluding carboxylic acids is 1. The second-order valence-corrected chi connectivity index (χ2v) is 10.5. The van der Waals surface area contributed by atoms with Crippen LogP contribution in [0.1, 0.15) is 31.3 Å². The molecule has 4 rings (SSSR count). The predicted octanol–water partition coefficient (Wildman–Crippen LogP) is 4.16. The number of pyridine rings is 2. The number of hydrogen-bond donors (Lipinski definition) is 2. The van der Waals surface area contributed by atoms with Gasteiger partial charge in [0.15, 0.2) is 5.03 Å². The van der Waals surface area contributed by atoms with Crippen molar-refractivity contribution in [3.63, 3.8) is 0 Å². The topological polar surface area (TPSA) is 153 Å². The fourth-order valence-electron chi connectivity index (χ4n) is 3.77. The van der Waals surface area contributed by atoms with Crippen LogP contribution in [0.3, 0.4) is 0 Å². The lowest BCUT2D eigenvalue weighted by Crippen LogP contribution is -2.31. The Hall–Kier alpha value is -4.58. The maximum Gasteiger partial charge on any atom is 0.281 e. The van der Waals surface area contributed by atoms with E-state index in [1.165, 1.54) is 24.3 Å². The molecule has 3 N–H and O–H groups in total. The largest absolute Gasteiger partial charge is 0.438 e. The van der Waals surface area contributed by atoms with Crippen molar-refractivity contribution in [2.75, 3.05) is 24.7 Å². The molecule has 0 saturated heterocycles. The number of anilines is 2. The molecule has 0 aliphatic heterocycles. The quantitative estimate of drug-likeness (QED) is 0.350. The van der Waals surface area contributed by atoms with Crippen molar-refractivity contribution in [1.82, 2.24) is 24.7 Å². The predicted molar refractivity (Wildman–Crippen MR) is 150 cm³/mol. The second-order valence-electron chi connectivity index (χ2n) is 8.88. The lowest BCUT2D eigenvalue weighted by molar-refractivity contribution is 0.0978. The number of nitrogens with one attached hydrogen (secondary N) is 1. The molecule has 0 saturated carbocycles. The molecule has 1 amide bonds. The number of ether oxygens (including phenoxy) is 1. The Bertz CT molecular complexity index is 1610. The van der Waals surface area contributed by atoms with Crippen molar-refractivity contribution >= 4 is 27.7 Å². The first kappa shape index (κ1) is 26.5. The van der Waals surface area contributed by atoms with Gasteiger partial charge in [-0.05, 0) is 56.2 Å². The molecule has 38 heavy (non-hydrogen) atoms. The summed E-state index contributed by atoms with van der Waals surface area (Å²) >= 11 is 0. The number of rotatable bonds is 7. The Morgan fingerprint density at radius 2 is 1.66 bits per heavy atom. The molecule has 0 fully saturated rings. The van der Waals surface area contributed by atoms with Crippen LogP contribution in [0.4, 0.5) is 11.8 Å². The molecule has 0 bridgehead atoms. The van der Waals surface area contributed by atoms with Crippen LogP contribution in [0.2, 0.25) is 0 Å². The van der Waals surface area contributed by atoms with Crippen molar-refractivity contribution in [3.05, 3.63) is 77.1 Å². The van der Waals surface area contributed by atoms with Gasteiger partial charge in [-0.15, -0.1) is 0 Å². The zero-order chi connectivity index (χ0) is 27.6. The van der Waals surface area contributed by atoms with Gasteiger partial charge in [-0.25, -0.2) is 24.7 Å². The van der Waals surface area contributed by atoms with Gasteiger partial charge in [0.25, 0.3) is 15.9 Å². The highest BCUT2D eigenvalue weighted by atomic mass is 32.2. The highest BCUT2D eigenvalue weighted by Crippen LogP contribution is 2.32. The maximum absolute atomic E-state index is 13.2. The van der Waals surface area contributed by atoms with E-state index < -0.39 is 15.9 Å². The molecule has 0 unspecified atom stereocenters. The molecule has 3 heterocycles. The number of aryl methyl sites for hydroxylation is 3. The second kappa shape index (κ2) is 10.4. The van der Waals surface area contributed by atoms with Gasteiger partial charge < -0.3 is 15.4 Å². The van der Waals surface area contributed by atoms with E-state index in [4.69, 9.17) is 10.5 Å². The van der Waals surface area contributed by atoms with E-state index in [9.17, 15) is 13.2 Å². The molecule has 1 aromatic carbocycles. The van der Waals surface area contributed by atoms with Crippen molar-refractivity contribution in [1.29, 1.82) is 0 Å². The monoisotopic (exact) mass is 539 g/mol. The number of benzene rings is 1. The third kappa shape index (κ3) is 5.70. The minimum Gasteiger partial charge on any atom is -0.438 e. The first-order valence-corrected chi connectivity index (χ1v) is 13.0. The molecule has 0 aliphatic carbocycles. The van der Waals surface area contributed by atoms with Crippen LogP contribution in [-0.2, 0) is 10.0 Å². The molecular formula is C26H33N7O4S. The normalized spacial score (nSPS) is 11.2. The van der Waals surface area contributed by atoms with E-state index in [0.717, 1.165) is 16.7 Å². The lowest BCUT2D eigenvalue weighted by atomic mass is 10.1. The summed E-state index contributed by atoms with van der Waals surface area (Å²) in [5.74, 6) is 0.0110. The first-order chi connectivity index (χ1) is 17.9. The zero-order valence-electron chi connectivity index (χ0n) is 21.6. The molecule has 0 radical (unpaired) electrons. The number of carbonyl (C=O) groups is 1. The SMILES string of the molecule is Cc1cc(C)c(Oc2nc(-c3cnc(N(C)C)nc3)ccc2C(=O)NS(=O)(=O)c2cccc(N)n2)c(C)c1.[HH].[HH].[HH]. The summed E-state index contributed by atoms with van der Waals surface area (Å²) in [6, 6.07) is 11.0. The Labute approximate surface area is 225 Å². The van der Waals surface area contributed by atoms with E-state index in [2.05, 4.69) is 19.9 Å². The Morgan fingerprint density at radius 3 is 2.26 bits per heavy atom. The summed E-state index contributed by atoms with van der Waals surface area (Å²) in [7, 11) is -0.664. The van der Waals surface area contributed by atoms with Crippen LogP contribution in [0.5, 0.6) is 11.6 Å². The third-order valence-electron chi connectivity index (χ3n) is 5.49. The van der Waals surface area contributed by atoms with Crippen molar-refractivity contribution in [2.45, 2.75) is 25.8 Å². The number of nitrogen functional groups attached to an aromatic ring is 1. The molecule has 0 aliphatic rings. The number of amides is 1. The summed E-state index contributed by atoms with van der Waals surface area (Å²) in [6.07, 6.45) is 3.21. The molecular weight excluding hydrogens is 506 g/mol. The molecule has 3 aromatic heterocycles. The van der Waals surface area contributed by atoms with Crippen LogP contribution < -0.4 is 20.1 Å². The average Bonchev–Trinajstić information content (AvgIpc) is 2.86. The standard InChI is InChI=1S/C26H27N7O4S.3H2/c1-15-11-16(2)23(17(3)12-15)37-25-19(24(34)32-38(35,36)22-8-6-7-21(27)31-22)9-10-20(30-25)18-13-28-26(29-14-18)33(4)5;;;/h6-14H,1-5H3,(H2,27,31)(H,32,34);3*1H. The summed E-state index contributed by atoms with van der Waals surface area (Å²) in [5, 5.41) is -0.388. The first-order valence-electron chi connectivity index (χ1n) is 11.5. The molecule has 11 nitrogen and oxygen atoms in total. The van der Waals surface area contributed by atoms with Crippen molar-refractivity contribution in [2.24, 2.45) is 0 Å². The van der Waals surface area contributed by atoms with Crippen molar-refractivity contribution < 1.29 is 22.2 Å². The van der Waals surface area contributed by atoms with Gasteiger partial charge in [0.2, 0.25) is 11.8 Å². The number of sulfonamides is 1. The van der Waals surface area contributed by atoms with Gasteiger partial charge in [-0.2, -0.15) is 8.42 Å². The average molecular weight is 540 g/mol. The summed E-state index contributed by atoms with van der Waals surface area (Å²) in [6.45, 7) is 5.72. The van der Waals surface area contributed by atoms with Crippen LogP contribution >= 0.6 is 0 Å². The van der Waals surface area contributed by atoms with Gasteiger partial charge in [-0.3, -0.25) is 4.79 Å². The fourth-order valence-corrected chi connectivity index (χ4v) is 4.71. The van der Waals surface area contributed by atoms with Crippen molar-refractivity contribution in [3.8, 4) is 22.9 Å². The van der Waals surface area contributed by atoms with E-state index in [1.54, 1.807) is 23.4 Å². The zero-order valence-corrected chi connectivity index (χ0v) is 22.4. The third-order valence-corrected chi connectivity index (χ3v) is 6.72. The number of nitrogens with zero attached hydrogens (tertiary/aromatic N) is 5. The van der Waals surface area contributed by atoms with Gasteiger partial charge in [0, 0.05) is 36.3 Å². The highest BCUT2D eigenvalue weighted by Gasteiger charge is 2.25. The number of aromatic nitrogens is 4.